The van der Waals surface area contributed by atoms with Crippen molar-refractivity contribution in [3.63, 3.8) is 0 Å². The molecule has 0 aliphatic carbocycles. The van der Waals surface area contributed by atoms with Gasteiger partial charge >= 0.3 is 0 Å². The molecule has 0 aromatic heterocycles. The molecule has 2 aromatic carbocycles. The van der Waals surface area contributed by atoms with Gasteiger partial charge in [-0.25, -0.2) is 0 Å². The lowest BCUT2D eigenvalue weighted by atomic mass is 10.2. The Bertz CT molecular complexity index is 606. The molecular weight excluding hydrogens is 276 g/mol. The molecule has 2 N–H and O–H groups in total. The molecule has 4 nitrogen and oxygen atoms in total. The highest BCUT2D eigenvalue weighted by Gasteiger charge is 2.12. The molecule has 1 amide bonds. The summed E-state index contributed by atoms with van der Waals surface area (Å²) >= 11 is 0. The van der Waals surface area contributed by atoms with Crippen LogP contribution >= 0.6 is 0 Å². The van der Waals surface area contributed by atoms with E-state index < -0.39 is 0 Å². The van der Waals surface area contributed by atoms with Crippen molar-refractivity contribution in [3.05, 3.63) is 59.7 Å². The van der Waals surface area contributed by atoms with Gasteiger partial charge in [0.05, 0.1) is 13.2 Å². The summed E-state index contributed by atoms with van der Waals surface area (Å²) in [7, 11) is 1.64. The summed E-state index contributed by atoms with van der Waals surface area (Å²) in [6.07, 6.45) is 0. The molecule has 0 saturated carbocycles. The highest BCUT2D eigenvalue weighted by Crippen LogP contribution is 2.12. The molecule has 22 heavy (non-hydrogen) atoms. The summed E-state index contributed by atoms with van der Waals surface area (Å²) in [5, 5.41) is 6.12. The van der Waals surface area contributed by atoms with E-state index in [0.717, 1.165) is 17.0 Å². The fraction of sp³-hybridized carbons (Fsp3) is 0.278. The Kier molecular flexibility index (Phi) is 5.55. The molecule has 116 valence electrons. The minimum Gasteiger partial charge on any atom is -0.497 e. The summed E-state index contributed by atoms with van der Waals surface area (Å²) in [4.78, 5) is 12.1. The fourth-order valence-electron chi connectivity index (χ4n) is 1.99. The largest absolute Gasteiger partial charge is 0.497 e. The highest BCUT2D eigenvalue weighted by molar-refractivity contribution is 5.94. The maximum absolute atomic E-state index is 12.1. The van der Waals surface area contributed by atoms with Crippen LogP contribution in [0.3, 0.4) is 0 Å². The van der Waals surface area contributed by atoms with Crippen LogP contribution in [0.2, 0.25) is 0 Å². The summed E-state index contributed by atoms with van der Waals surface area (Å²) in [6.45, 7) is 4.50. The minimum absolute atomic E-state index is 0.0441. The summed E-state index contributed by atoms with van der Waals surface area (Å²) in [5.74, 6) is 0.784. The third-order valence-electron chi connectivity index (χ3n) is 3.48. The molecule has 0 bridgehead atoms. The lowest BCUT2D eigenvalue weighted by Gasteiger charge is -2.14. The predicted molar refractivity (Wildman–Crippen MR) is 89.1 cm³/mol. The van der Waals surface area contributed by atoms with Gasteiger partial charge < -0.3 is 15.4 Å². The van der Waals surface area contributed by atoms with Crippen LogP contribution in [0.5, 0.6) is 5.75 Å². The standard InChI is InChI=1S/C18H22N2O2/c1-13-4-8-16(9-5-13)20-18(21)14(2)19-12-15-6-10-17(22-3)11-7-15/h4-11,14,19H,12H2,1-3H3,(H,20,21)/t14-/m0/s1. The van der Waals surface area contributed by atoms with Crippen LogP contribution in [-0.4, -0.2) is 19.1 Å². The number of ether oxygens (including phenoxy) is 1. The van der Waals surface area contributed by atoms with Gasteiger partial charge in [0, 0.05) is 12.2 Å². The van der Waals surface area contributed by atoms with Gasteiger partial charge in [-0.05, 0) is 43.7 Å². The number of amides is 1. The van der Waals surface area contributed by atoms with E-state index in [1.54, 1.807) is 7.11 Å². The second-order valence-electron chi connectivity index (χ2n) is 5.31. The third-order valence-corrected chi connectivity index (χ3v) is 3.48. The van der Waals surface area contributed by atoms with E-state index in [1.807, 2.05) is 62.4 Å². The Morgan fingerprint density at radius 3 is 2.32 bits per heavy atom. The Balaban J connectivity index is 1.84. The molecule has 0 aliphatic rings. The van der Waals surface area contributed by atoms with Crippen molar-refractivity contribution >= 4 is 11.6 Å². The van der Waals surface area contributed by atoms with E-state index in [1.165, 1.54) is 5.56 Å². The molecule has 2 rings (SSSR count). The topological polar surface area (TPSA) is 50.4 Å². The molecule has 0 radical (unpaired) electrons. The van der Waals surface area contributed by atoms with Gasteiger partial charge in [0.25, 0.3) is 0 Å². The third kappa shape index (κ3) is 4.60. The first kappa shape index (κ1) is 16.0. The Hall–Kier alpha value is -2.33. The number of carbonyl (C=O) groups is 1. The second-order valence-corrected chi connectivity index (χ2v) is 5.31. The second kappa shape index (κ2) is 7.61. The first-order valence-corrected chi connectivity index (χ1v) is 7.32. The van der Waals surface area contributed by atoms with Crippen LogP contribution in [0, 0.1) is 6.92 Å². The highest BCUT2D eigenvalue weighted by atomic mass is 16.5. The van der Waals surface area contributed by atoms with Crippen LogP contribution in [-0.2, 0) is 11.3 Å². The van der Waals surface area contributed by atoms with Crippen molar-refractivity contribution in [3.8, 4) is 5.75 Å². The summed E-state index contributed by atoms with van der Waals surface area (Å²) < 4.78 is 5.12. The van der Waals surface area contributed by atoms with Gasteiger partial charge in [-0.3, -0.25) is 4.79 Å². The maximum Gasteiger partial charge on any atom is 0.241 e. The molecular formula is C18H22N2O2. The van der Waals surface area contributed by atoms with Gasteiger partial charge in [-0.15, -0.1) is 0 Å². The summed E-state index contributed by atoms with van der Waals surface area (Å²) in [5.41, 5.74) is 3.09. The van der Waals surface area contributed by atoms with Crippen LogP contribution < -0.4 is 15.4 Å². The summed E-state index contributed by atoms with van der Waals surface area (Å²) in [6, 6.07) is 15.3. The molecule has 0 heterocycles. The van der Waals surface area contributed by atoms with Crippen molar-refractivity contribution in [1.29, 1.82) is 0 Å². The van der Waals surface area contributed by atoms with E-state index >= 15 is 0 Å². The maximum atomic E-state index is 12.1. The van der Waals surface area contributed by atoms with Gasteiger partial charge in [0.1, 0.15) is 5.75 Å². The molecule has 4 heteroatoms. The lowest BCUT2D eigenvalue weighted by Crippen LogP contribution is -2.37. The monoisotopic (exact) mass is 298 g/mol. The average Bonchev–Trinajstić information content (AvgIpc) is 2.55. The van der Waals surface area contributed by atoms with Gasteiger partial charge in [-0.2, -0.15) is 0 Å². The molecule has 0 unspecified atom stereocenters. The molecule has 2 aromatic rings. The van der Waals surface area contributed by atoms with Crippen molar-refractivity contribution in [2.45, 2.75) is 26.4 Å². The fourth-order valence-corrected chi connectivity index (χ4v) is 1.99. The van der Waals surface area contributed by atoms with Crippen molar-refractivity contribution in [2.75, 3.05) is 12.4 Å². The molecule has 0 saturated heterocycles. The molecule has 0 spiro atoms. The number of nitrogens with one attached hydrogen (secondary N) is 2. The Morgan fingerprint density at radius 1 is 1.09 bits per heavy atom. The van der Waals surface area contributed by atoms with Crippen molar-refractivity contribution in [2.24, 2.45) is 0 Å². The van der Waals surface area contributed by atoms with Crippen LogP contribution in [0.1, 0.15) is 18.1 Å². The van der Waals surface area contributed by atoms with Crippen molar-refractivity contribution < 1.29 is 9.53 Å². The predicted octanol–water partition coefficient (Wildman–Crippen LogP) is 3.12. The number of benzene rings is 2. The zero-order chi connectivity index (χ0) is 15.9. The number of aryl methyl sites for hydroxylation is 1. The Labute approximate surface area is 131 Å². The molecule has 1 atom stereocenters. The van der Waals surface area contributed by atoms with Crippen LogP contribution in [0.4, 0.5) is 5.69 Å². The van der Waals surface area contributed by atoms with Crippen molar-refractivity contribution in [1.82, 2.24) is 5.32 Å². The molecule has 0 fully saturated rings. The Morgan fingerprint density at radius 2 is 1.73 bits per heavy atom. The quantitative estimate of drug-likeness (QED) is 0.861. The van der Waals surface area contributed by atoms with E-state index in [2.05, 4.69) is 10.6 Å². The number of carbonyl (C=O) groups excluding carboxylic acids is 1. The first-order valence-electron chi connectivity index (χ1n) is 7.32. The normalized spacial score (nSPS) is 11.8. The molecule has 0 aliphatic heterocycles. The first-order chi connectivity index (χ1) is 10.6. The number of hydrogen-bond donors (Lipinski definition) is 2. The average molecular weight is 298 g/mol. The van der Waals surface area contributed by atoms with Gasteiger partial charge in [0.2, 0.25) is 5.91 Å². The van der Waals surface area contributed by atoms with Gasteiger partial charge in [0.15, 0.2) is 0 Å². The number of methoxy groups -OCH3 is 1. The van der Waals surface area contributed by atoms with E-state index in [9.17, 15) is 4.79 Å². The van der Waals surface area contributed by atoms with E-state index in [4.69, 9.17) is 4.74 Å². The van der Waals surface area contributed by atoms with Crippen LogP contribution in [0.25, 0.3) is 0 Å². The minimum atomic E-state index is -0.275. The zero-order valence-electron chi connectivity index (χ0n) is 13.2. The number of anilines is 1. The SMILES string of the molecule is COc1ccc(CN[C@@H](C)C(=O)Nc2ccc(C)cc2)cc1. The van der Waals surface area contributed by atoms with Gasteiger partial charge in [-0.1, -0.05) is 29.8 Å². The number of rotatable bonds is 6. The lowest BCUT2D eigenvalue weighted by molar-refractivity contribution is -0.117. The van der Waals surface area contributed by atoms with E-state index in [0.29, 0.717) is 6.54 Å². The number of hydrogen-bond acceptors (Lipinski definition) is 3. The smallest absolute Gasteiger partial charge is 0.241 e. The zero-order valence-corrected chi connectivity index (χ0v) is 13.2. The van der Waals surface area contributed by atoms with E-state index in [-0.39, 0.29) is 11.9 Å². The van der Waals surface area contributed by atoms with Crippen LogP contribution in [0.15, 0.2) is 48.5 Å².